The van der Waals surface area contributed by atoms with Crippen LogP contribution in [0.1, 0.15) is 31.4 Å². The number of phenols is 1. The first-order valence-electron chi connectivity index (χ1n) is 5.49. The Hall–Kier alpha value is -1.16. The van der Waals surface area contributed by atoms with Crippen LogP contribution in [0.3, 0.4) is 0 Å². The third-order valence-corrected chi connectivity index (χ3v) is 2.92. The Balaban J connectivity index is 2.11. The van der Waals surface area contributed by atoms with E-state index in [9.17, 15) is 13.9 Å². The van der Waals surface area contributed by atoms with Crippen LogP contribution in [-0.2, 0) is 0 Å². The maximum Gasteiger partial charge on any atom is 0.134 e. The lowest BCUT2D eigenvalue weighted by Gasteiger charge is -2.16. The van der Waals surface area contributed by atoms with Crippen molar-refractivity contribution >= 4 is 0 Å². The zero-order valence-electron chi connectivity index (χ0n) is 9.13. The predicted molar refractivity (Wildman–Crippen MR) is 57.2 cm³/mol. The molecule has 16 heavy (non-hydrogen) atoms. The van der Waals surface area contributed by atoms with E-state index in [2.05, 4.69) is 5.32 Å². The number of hydrogen-bond donors (Lipinski definition) is 2. The molecule has 0 saturated heterocycles. The molecule has 0 radical (unpaired) electrons. The van der Waals surface area contributed by atoms with Crippen molar-refractivity contribution in [2.45, 2.75) is 25.8 Å². The second-order valence-electron chi connectivity index (χ2n) is 4.39. The standard InChI is InChI=1S/C12H15F2NO/c1-7(15-6-8-2-3-8)12-10(14)4-9(13)5-11(12)16/h4-5,7-8,15-16H,2-3,6H2,1H3. The Bertz CT molecular complexity index is 368. The van der Waals surface area contributed by atoms with Gasteiger partial charge in [-0.25, -0.2) is 8.78 Å². The first kappa shape index (κ1) is 11.3. The lowest BCUT2D eigenvalue weighted by Crippen LogP contribution is -2.22. The molecule has 1 fully saturated rings. The minimum atomic E-state index is -0.756. The van der Waals surface area contributed by atoms with E-state index in [4.69, 9.17) is 0 Å². The van der Waals surface area contributed by atoms with E-state index in [0.717, 1.165) is 18.7 Å². The van der Waals surface area contributed by atoms with Crippen molar-refractivity contribution < 1.29 is 13.9 Å². The number of hydrogen-bond acceptors (Lipinski definition) is 2. The summed E-state index contributed by atoms with van der Waals surface area (Å²) in [4.78, 5) is 0. The predicted octanol–water partition coefficient (Wildman–Crippen LogP) is 2.73. The highest BCUT2D eigenvalue weighted by atomic mass is 19.1. The molecule has 4 heteroatoms. The fourth-order valence-corrected chi connectivity index (χ4v) is 1.77. The summed E-state index contributed by atoms with van der Waals surface area (Å²) in [6.45, 7) is 2.58. The fraction of sp³-hybridized carbons (Fsp3) is 0.500. The summed E-state index contributed by atoms with van der Waals surface area (Å²) < 4.78 is 26.2. The van der Waals surface area contributed by atoms with Crippen molar-refractivity contribution in [2.75, 3.05) is 6.54 Å². The van der Waals surface area contributed by atoms with Crippen LogP contribution in [-0.4, -0.2) is 11.7 Å². The number of rotatable bonds is 4. The maximum absolute atomic E-state index is 13.5. The number of aromatic hydroxyl groups is 1. The maximum atomic E-state index is 13.5. The van der Waals surface area contributed by atoms with Gasteiger partial charge in [-0.1, -0.05) is 0 Å². The van der Waals surface area contributed by atoms with Gasteiger partial charge in [-0.3, -0.25) is 0 Å². The van der Waals surface area contributed by atoms with Gasteiger partial charge in [0.25, 0.3) is 0 Å². The Morgan fingerprint density at radius 2 is 2.12 bits per heavy atom. The Morgan fingerprint density at radius 1 is 1.44 bits per heavy atom. The van der Waals surface area contributed by atoms with Crippen LogP contribution in [0.25, 0.3) is 0 Å². The summed E-state index contributed by atoms with van der Waals surface area (Å²) in [5.74, 6) is -1.11. The number of phenolic OH excluding ortho intramolecular Hbond substituents is 1. The van der Waals surface area contributed by atoms with Gasteiger partial charge in [0.05, 0.1) is 0 Å². The molecule has 88 valence electrons. The lowest BCUT2D eigenvalue weighted by molar-refractivity contribution is 0.427. The Labute approximate surface area is 93.3 Å². The second-order valence-corrected chi connectivity index (χ2v) is 4.39. The van der Waals surface area contributed by atoms with E-state index in [1.807, 2.05) is 0 Å². The Morgan fingerprint density at radius 3 is 2.69 bits per heavy atom. The monoisotopic (exact) mass is 227 g/mol. The van der Waals surface area contributed by atoms with E-state index in [0.29, 0.717) is 5.92 Å². The number of nitrogens with one attached hydrogen (secondary N) is 1. The Kier molecular flexibility index (Phi) is 3.10. The minimum absolute atomic E-state index is 0.141. The van der Waals surface area contributed by atoms with Crippen LogP contribution in [0.4, 0.5) is 8.78 Å². The van der Waals surface area contributed by atoms with Gasteiger partial charge in [-0.05, 0) is 32.2 Å². The van der Waals surface area contributed by atoms with Gasteiger partial charge in [0, 0.05) is 23.7 Å². The van der Waals surface area contributed by atoms with Crippen molar-refractivity contribution in [3.05, 3.63) is 29.3 Å². The molecular formula is C12H15F2NO. The molecule has 1 atom stereocenters. The van der Waals surface area contributed by atoms with Gasteiger partial charge < -0.3 is 10.4 Å². The van der Waals surface area contributed by atoms with Crippen LogP contribution in [0.5, 0.6) is 5.75 Å². The van der Waals surface area contributed by atoms with Gasteiger partial charge in [-0.15, -0.1) is 0 Å². The van der Waals surface area contributed by atoms with E-state index >= 15 is 0 Å². The SMILES string of the molecule is CC(NCC1CC1)c1c(O)cc(F)cc1F. The molecule has 2 rings (SSSR count). The largest absolute Gasteiger partial charge is 0.507 e. The molecule has 0 bridgehead atoms. The molecule has 0 amide bonds. The summed E-state index contributed by atoms with van der Waals surface area (Å²) in [5.41, 5.74) is 0.141. The third-order valence-electron chi connectivity index (χ3n) is 2.92. The smallest absolute Gasteiger partial charge is 0.134 e. The minimum Gasteiger partial charge on any atom is -0.507 e. The second kappa shape index (κ2) is 4.37. The molecule has 0 heterocycles. The van der Waals surface area contributed by atoms with Crippen molar-refractivity contribution in [1.29, 1.82) is 0 Å². The zero-order chi connectivity index (χ0) is 11.7. The van der Waals surface area contributed by atoms with Crippen molar-refractivity contribution in [1.82, 2.24) is 5.32 Å². The molecule has 1 aliphatic carbocycles. The van der Waals surface area contributed by atoms with Gasteiger partial charge in [0.2, 0.25) is 0 Å². The molecule has 1 aromatic carbocycles. The van der Waals surface area contributed by atoms with Crippen molar-refractivity contribution in [3.8, 4) is 5.75 Å². The van der Waals surface area contributed by atoms with Gasteiger partial charge in [0.1, 0.15) is 17.4 Å². The van der Waals surface area contributed by atoms with Gasteiger partial charge in [0.15, 0.2) is 0 Å². The first-order valence-corrected chi connectivity index (χ1v) is 5.49. The van der Waals surface area contributed by atoms with Crippen LogP contribution in [0.2, 0.25) is 0 Å². The molecule has 2 N–H and O–H groups in total. The van der Waals surface area contributed by atoms with E-state index in [-0.39, 0.29) is 17.4 Å². The van der Waals surface area contributed by atoms with Gasteiger partial charge >= 0.3 is 0 Å². The average Bonchev–Trinajstić information content (AvgIpc) is 2.96. The van der Waals surface area contributed by atoms with E-state index < -0.39 is 11.6 Å². The molecule has 2 nitrogen and oxygen atoms in total. The quantitative estimate of drug-likeness (QED) is 0.829. The summed E-state index contributed by atoms with van der Waals surface area (Å²) in [5, 5.41) is 12.6. The highest BCUT2D eigenvalue weighted by molar-refractivity contribution is 5.36. The van der Waals surface area contributed by atoms with Gasteiger partial charge in [-0.2, -0.15) is 0 Å². The summed E-state index contributed by atoms with van der Waals surface area (Å²) in [6, 6.07) is 1.43. The van der Waals surface area contributed by atoms with Crippen LogP contribution < -0.4 is 5.32 Å². The van der Waals surface area contributed by atoms with Crippen LogP contribution in [0, 0.1) is 17.6 Å². The zero-order valence-corrected chi connectivity index (χ0v) is 9.13. The molecule has 0 aliphatic heterocycles. The molecule has 1 aromatic rings. The van der Waals surface area contributed by atoms with E-state index in [1.54, 1.807) is 6.92 Å². The number of benzene rings is 1. The summed E-state index contributed by atoms with van der Waals surface area (Å²) >= 11 is 0. The average molecular weight is 227 g/mol. The third kappa shape index (κ3) is 2.50. The first-order chi connectivity index (χ1) is 7.58. The molecule has 1 aliphatic rings. The van der Waals surface area contributed by atoms with Crippen LogP contribution >= 0.6 is 0 Å². The fourth-order valence-electron chi connectivity index (χ4n) is 1.77. The number of halogens is 2. The molecular weight excluding hydrogens is 212 g/mol. The lowest BCUT2D eigenvalue weighted by atomic mass is 10.1. The highest BCUT2D eigenvalue weighted by Gasteiger charge is 2.23. The van der Waals surface area contributed by atoms with Crippen molar-refractivity contribution in [3.63, 3.8) is 0 Å². The highest BCUT2D eigenvalue weighted by Crippen LogP contribution is 2.31. The topological polar surface area (TPSA) is 32.3 Å². The van der Waals surface area contributed by atoms with E-state index in [1.165, 1.54) is 12.8 Å². The van der Waals surface area contributed by atoms with Crippen LogP contribution in [0.15, 0.2) is 12.1 Å². The van der Waals surface area contributed by atoms with Crippen molar-refractivity contribution in [2.24, 2.45) is 5.92 Å². The normalized spacial score (nSPS) is 17.4. The summed E-state index contributed by atoms with van der Waals surface area (Å²) in [6.07, 6.45) is 2.41. The molecule has 1 saturated carbocycles. The molecule has 0 spiro atoms. The summed E-state index contributed by atoms with van der Waals surface area (Å²) in [7, 11) is 0. The molecule has 1 unspecified atom stereocenters. The molecule has 0 aromatic heterocycles.